The van der Waals surface area contributed by atoms with Crippen molar-refractivity contribution >= 4 is 26.9 Å². The molecule has 0 aliphatic carbocycles. The van der Waals surface area contributed by atoms with E-state index in [1.165, 1.54) is 16.5 Å². The molecule has 2 aromatic rings. The average molecular weight is 253 g/mol. The summed E-state index contributed by atoms with van der Waals surface area (Å²) < 4.78 is 6.47. The quantitative estimate of drug-likeness (QED) is 0.722. The summed E-state index contributed by atoms with van der Waals surface area (Å²) in [6.45, 7) is 6.47. The minimum atomic E-state index is 0.496. The zero-order chi connectivity index (χ0) is 10.3. The molecule has 0 unspecified atom stereocenters. The summed E-state index contributed by atoms with van der Waals surface area (Å²) in [6, 6.07) is 6.34. The normalized spacial score (nSPS) is 11.5. The van der Waals surface area contributed by atoms with E-state index in [1.807, 2.05) is 6.07 Å². The molecule has 0 saturated carbocycles. The van der Waals surface area contributed by atoms with Crippen molar-refractivity contribution in [3.8, 4) is 0 Å². The van der Waals surface area contributed by atoms with Gasteiger partial charge in [-0.15, -0.1) is 0 Å². The van der Waals surface area contributed by atoms with Gasteiger partial charge in [-0.05, 0) is 46.0 Å². The number of halogens is 1. The zero-order valence-electron chi connectivity index (χ0n) is 8.60. The van der Waals surface area contributed by atoms with Crippen molar-refractivity contribution in [1.29, 1.82) is 0 Å². The highest BCUT2D eigenvalue weighted by Gasteiger charge is 2.11. The molecule has 0 N–H and O–H groups in total. The molecule has 0 amide bonds. The average Bonchev–Trinajstić information content (AvgIpc) is 2.47. The number of hydrogen-bond acceptors (Lipinski definition) is 1. The molecule has 2 heteroatoms. The van der Waals surface area contributed by atoms with Gasteiger partial charge in [0.25, 0.3) is 0 Å². The minimum absolute atomic E-state index is 0.496. The van der Waals surface area contributed by atoms with Gasteiger partial charge >= 0.3 is 0 Å². The Balaban J connectivity index is 2.81. The largest absolute Gasteiger partial charge is 0.449 e. The van der Waals surface area contributed by atoms with Crippen LogP contribution in [0, 0.1) is 6.92 Å². The van der Waals surface area contributed by atoms with E-state index in [-0.39, 0.29) is 0 Å². The van der Waals surface area contributed by atoms with Crippen LogP contribution < -0.4 is 0 Å². The molecule has 2 rings (SSSR count). The van der Waals surface area contributed by atoms with Crippen molar-refractivity contribution < 1.29 is 4.42 Å². The van der Waals surface area contributed by atoms with E-state index in [1.54, 1.807) is 0 Å². The predicted molar refractivity (Wildman–Crippen MR) is 62.7 cm³/mol. The second-order valence-corrected chi connectivity index (χ2v) is 4.70. The second kappa shape index (κ2) is 3.43. The molecule has 0 spiro atoms. The highest BCUT2D eigenvalue weighted by atomic mass is 79.9. The maximum Gasteiger partial charge on any atom is 0.170 e. The van der Waals surface area contributed by atoms with Gasteiger partial charge in [0.2, 0.25) is 0 Å². The Morgan fingerprint density at radius 2 is 2.00 bits per heavy atom. The van der Waals surface area contributed by atoms with Crippen LogP contribution in [0.25, 0.3) is 11.0 Å². The van der Waals surface area contributed by atoms with Crippen molar-refractivity contribution in [3.63, 3.8) is 0 Å². The van der Waals surface area contributed by atoms with Crippen LogP contribution in [0.1, 0.15) is 30.9 Å². The fourth-order valence-electron chi connectivity index (χ4n) is 1.70. The highest BCUT2D eigenvalue weighted by molar-refractivity contribution is 9.10. The third-order valence-electron chi connectivity index (χ3n) is 2.52. The molecular formula is C12H13BrO. The van der Waals surface area contributed by atoms with Gasteiger partial charge in [-0.3, -0.25) is 0 Å². The summed E-state index contributed by atoms with van der Waals surface area (Å²) in [4.78, 5) is 0. The van der Waals surface area contributed by atoms with Crippen LogP contribution in [0.15, 0.2) is 27.3 Å². The van der Waals surface area contributed by atoms with Crippen LogP contribution >= 0.6 is 15.9 Å². The Kier molecular flexibility index (Phi) is 2.40. The molecule has 1 aromatic carbocycles. The Labute approximate surface area is 92.2 Å². The highest BCUT2D eigenvalue weighted by Crippen LogP contribution is 2.32. The van der Waals surface area contributed by atoms with Crippen LogP contribution in [-0.2, 0) is 0 Å². The van der Waals surface area contributed by atoms with Crippen LogP contribution in [0.4, 0.5) is 0 Å². The first kappa shape index (κ1) is 9.78. The van der Waals surface area contributed by atoms with Crippen LogP contribution in [0.3, 0.4) is 0 Å². The van der Waals surface area contributed by atoms with Gasteiger partial charge in [0.05, 0.1) is 0 Å². The standard InChI is InChI=1S/C12H13BrO/c1-7(2)9-5-4-8(3)10-6-11(13)14-12(9)10/h4-7H,1-3H3. The smallest absolute Gasteiger partial charge is 0.170 e. The van der Waals surface area contributed by atoms with Gasteiger partial charge in [0.15, 0.2) is 4.67 Å². The van der Waals surface area contributed by atoms with E-state index >= 15 is 0 Å². The Bertz CT molecular complexity index is 468. The molecule has 0 bridgehead atoms. The molecule has 0 saturated heterocycles. The molecule has 14 heavy (non-hydrogen) atoms. The van der Waals surface area contributed by atoms with Crippen molar-refractivity contribution in [3.05, 3.63) is 34.0 Å². The fourth-order valence-corrected chi connectivity index (χ4v) is 2.09. The van der Waals surface area contributed by atoms with Crippen molar-refractivity contribution in [2.45, 2.75) is 26.7 Å². The van der Waals surface area contributed by atoms with E-state index in [2.05, 4.69) is 48.8 Å². The minimum Gasteiger partial charge on any atom is -0.449 e. The lowest BCUT2D eigenvalue weighted by atomic mass is 9.99. The number of benzene rings is 1. The fraction of sp³-hybridized carbons (Fsp3) is 0.333. The Morgan fingerprint density at radius 3 is 2.64 bits per heavy atom. The second-order valence-electron chi connectivity index (χ2n) is 3.92. The van der Waals surface area contributed by atoms with E-state index in [9.17, 15) is 0 Å². The Hall–Kier alpha value is -0.760. The summed E-state index contributed by atoms with van der Waals surface area (Å²) in [5, 5.41) is 1.21. The molecule has 1 aromatic heterocycles. The lowest BCUT2D eigenvalue weighted by Gasteiger charge is -2.06. The van der Waals surface area contributed by atoms with Gasteiger partial charge in [0.1, 0.15) is 5.58 Å². The molecule has 1 nitrogen and oxygen atoms in total. The van der Waals surface area contributed by atoms with Crippen molar-refractivity contribution in [2.24, 2.45) is 0 Å². The first-order chi connectivity index (χ1) is 6.59. The monoisotopic (exact) mass is 252 g/mol. The number of rotatable bonds is 1. The SMILES string of the molecule is Cc1ccc(C(C)C)c2oc(Br)cc12. The van der Waals surface area contributed by atoms with E-state index in [0.717, 1.165) is 10.3 Å². The van der Waals surface area contributed by atoms with Gasteiger partial charge in [-0.25, -0.2) is 0 Å². The maximum atomic E-state index is 5.66. The van der Waals surface area contributed by atoms with Gasteiger partial charge in [-0.1, -0.05) is 26.0 Å². The third kappa shape index (κ3) is 1.48. The van der Waals surface area contributed by atoms with Crippen molar-refractivity contribution in [2.75, 3.05) is 0 Å². The molecule has 0 aliphatic heterocycles. The van der Waals surface area contributed by atoms with Gasteiger partial charge in [0, 0.05) is 5.39 Å². The molecule has 1 heterocycles. The van der Waals surface area contributed by atoms with Crippen LogP contribution in [-0.4, -0.2) is 0 Å². The van der Waals surface area contributed by atoms with E-state index < -0.39 is 0 Å². The molecule has 74 valence electrons. The third-order valence-corrected chi connectivity index (χ3v) is 2.91. The summed E-state index contributed by atoms with van der Waals surface area (Å²) in [5.41, 5.74) is 3.56. The summed E-state index contributed by atoms with van der Waals surface area (Å²) in [5.74, 6) is 0.496. The summed E-state index contributed by atoms with van der Waals surface area (Å²) in [6.07, 6.45) is 0. The Morgan fingerprint density at radius 1 is 1.29 bits per heavy atom. The number of fused-ring (bicyclic) bond motifs is 1. The van der Waals surface area contributed by atoms with Crippen LogP contribution in [0.5, 0.6) is 0 Å². The maximum absolute atomic E-state index is 5.66. The first-order valence-corrected chi connectivity index (χ1v) is 5.57. The molecular weight excluding hydrogens is 240 g/mol. The molecule has 0 radical (unpaired) electrons. The predicted octanol–water partition coefficient (Wildman–Crippen LogP) is 4.63. The first-order valence-electron chi connectivity index (χ1n) is 4.78. The molecule has 0 fully saturated rings. The topological polar surface area (TPSA) is 13.1 Å². The molecule has 0 atom stereocenters. The van der Waals surface area contributed by atoms with E-state index in [0.29, 0.717) is 5.92 Å². The lowest BCUT2D eigenvalue weighted by molar-refractivity contribution is 0.580. The summed E-state index contributed by atoms with van der Waals surface area (Å²) >= 11 is 3.38. The van der Waals surface area contributed by atoms with Crippen molar-refractivity contribution in [1.82, 2.24) is 0 Å². The van der Waals surface area contributed by atoms with Crippen LogP contribution in [0.2, 0.25) is 0 Å². The van der Waals surface area contributed by atoms with Gasteiger partial charge < -0.3 is 4.42 Å². The van der Waals surface area contributed by atoms with E-state index in [4.69, 9.17) is 4.42 Å². The molecule has 0 aliphatic rings. The number of furan rings is 1. The number of aryl methyl sites for hydroxylation is 1. The zero-order valence-corrected chi connectivity index (χ0v) is 10.2. The lowest BCUT2D eigenvalue weighted by Crippen LogP contribution is -1.88. The summed E-state index contributed by atoms with van der Waals surface area (Å²) in [7, 11) is 0. The van der Waals surface area contributed by atoms with Gasteiger partial charge in [-0.2, -0.15) is 0 Å². The number of hydrogen-bond donors (Lipinski definition) is 0.